The molecule has 33 heavy (non-hydrogen) atoms. The SMILES string of the molecule is CCc1cnc(N2CCC(Oc3ncnc4c(-c5ccc(C#N)cc5)cn(C)c34)CC2)nc1. The molecule has 8 heteroatoms. The number of rotatable bonds is 5. The van der Waals surface area contributed by atoms with Gasteiger partial charge in [-0.3, -0.25) is 0 Å². The van der Waals surface area contributed by atoms with Crippen molar-refractivity contribution in [1.82, 2.24) is 24.5 Å². The summed E-state index contributed by atoms with van der Waals surface area (Å²) >= 11 is 0. The van der Waals surface area contributed by atoms with Gasteiger partial charge in [-0.1, -0.05) is 19.1 Å². The Morgan fingerprint density at radius 1 is 1.06 bits per heavy atom. The third-order valence-electron chi connectivity index (χ3n) is 6.15. The first-order valence-corrected chi connectivity index (χ1v) is 11.2. The van der Waals surface area contributed by atoms with Gasteiger partial charge >= 0.3 is 0 Å². The van der Waals surface area contributed by atoms with Crippen LogP contribution in [-0.2, 0) is 13.5 Å². The lowest BCUT2D eigenvalue weighted by Crippen LogP contribution is -2.39. The van der Waals surface area contributed by atoms with E-state index in [1.165, 1.54) is 0 Å². The van der Waals surface area contributed by atoms with Crippen molar-refractivity contribution >= 4 is 17.0 Å². The van der Waals surface area contributed by atoms with E-state index in [0.29, 0.717) is 11.4 Å². The number of piperidine rings is 1. The molecule has 4 heterocycles. The predicted molar refractivity (Wildman–Crippen MR) is 126 cm³/mol. The highest BCUT2D eigenvalue weighted by Gasteiger charge is 2.24. The molecule has 4 aromatic rings. The van der Waals surface area contributed by atoms with Gasteiger partial charge in [-0.05, 0) is 29.7 Å². The first kappa shape index (κ1) is 20.9. The molecule has 0 bridgehead atoms. The molecule has 1 aliphatic rings. The molecule has 0 N–H and O–H groups in total. The molecule has 0 radical (unpaired) electrons. The summed E-state index contributed by atoms with van der Waals surface area (Å²) in [4.78, 5) is 20.2. The second-order valence-corrected chi connectivity index (χ2v) is 8.27. The quantitative estimate of drug-likeness (QED) is 0.465. The highest BCUT2D eigenvalue weighted by molar-refractivity contribution is 5.95. The molecule has 0 saturated carbocycles. The fourth-order valence-corrected chi connectivity index (χ4v) is 4.24. The third kappa shape index (κ3) is 4.10. The highest BCUT2D eigenvalue weighted by atomic mass is 16.5. The van der Waals surface area contributed by atoms with Crippen molar-refractivity contribution in [2.45, 2.75) is 32.3 Å². The number of benzene rings is 1. The number of hydrogen-bond acceptors (Lipinski definition) is 7. The van der Waals surface area contributed by atoms with E-state index in [1.54, 1.807) is 6.33 Å². The second kappa shape index (κ2) is 8.87. The predicted octanol–water partition coefficient (Wildman–Crippen LogP) is 3.91. The van der Waals surface area contributed by atoms with Gasteiger partial charge in [-0.25, -0.2) is 15.0 Å². The molecule has 0 amide bonds. The number of nitriles is 1. The Morgan fingerprint density at radius 3 is 2.45 bits per heavy atom. The zero-order valence-electron chi connectivity index (χ0n) is 18.8. The lowest BCUT2D eigenvalue weighted by atomic mass is 10.1. The fourth-order valence-electron chi connectivity index (χ4n) is 4.24. The smallest absolute Gasteiger partial charge is 0.242 e. The Morgan fingerprint density at radius 2 is 1.79 bits per heavy atom. The normalized spacial score (nSPS) is 14.4. The standard InChI is InChI=1S/C25H25N7O/c1-3-17-13-27-25(28-14-17)32-10-8-20(9-11-32)33-24-23-22(29-16-30-24)21(15-31(23)2)19-6-4-18(12-26)5-7-19/h4-7,13-16,20H,3,8-11H2,1-2H3. The summed E-state index contributed by atoms with van der Waals surface area (Å²) in [6.45, 7) is 3.79. The highest BCUT2D eigenvalue weighted by Crippen LogP contribution is 2.33. The molecule has 8 nitrogen and oxygen atoms in total. The van der Waals surface area contributed by atoms with Gasteiger partial charge in [0.05, 0.1) is 11.6 Å². The largest absolute Gasteiger partial charge is 0.473 e. The summed E-state index contributed by atoms with van der Waals surface area (Å²) in [5.74, 6) is 1.38. The van der Waals surface area contributed by atoms with E-state index in [2.05, 4.69) is 37.8 Å². The number of aromatic nitrogens is 5. The molecule has 1 aromatic carbocycles. The van der Waals surface area contributed by atoms with Crippen LogP contribution in [0.4, 0.5) is 5.95 Å². The van der Waals surface area contributed by atoms with Gasteiger partial charge < -0.3 is 14.2 Å². The van der Waals surface area contributed by atoms with Gasteiger partial charge in [0.25, 0.3) is 0 Å². The van der Waals surface area contributed by atoms with E-state index < -0.39 is 0 Å². The van der Waals surface area contributed by atoms with Gasteiger partial charge in [0, 0.05) is 57.1 Å². The fraction of sp³-hybridized carbons (Fsp3) is 0.320. The van der Waals surface area contributed by atoms with Crippen LogP contribution in [-0.4, -0.2) is 43.7 Å². The van der Waals surface area contributed by atoms with Crippen molar-refractivity contribution in [2.75, 3.05) is 18.0 Å². The average Bonchev–Trinajstić information content (AvgIpc) is 3.22. The van der Waals surface area contributed by atoms with E-state index in [9.17, 15) is 0 Å². The average molecular weight is 440 g/mol. The van der Waals surface area contributed by atoms with Crippen molar-refractivity contribution in [2.24, 2.45) is 7.05 Å². The molecule has 1 fully saturated rings. The van der Waals surface area contributed by atoms with Crippen LogP contribution in [0.3, 0.4) is 0 Å². The number of ether oxygens (including phenoxy) is 1. The van der Waals surface area contributed by atoms with Crippen LogP contribution in [0.1, 0.15) is 30.9 Å². The monoisotopic (exact) mass is 439 g/mol. The lowest BCUT2D eigenvalue weighted by Gasteiger charge is -2.32. The molecule has 3 aromatic heterocycles. The number of hydrogen-bond donors (Lipinski definition) is 0. The molecule has 0 atom stereocenters. The first-order valence-electron chi connectivity index (χ1n) is 11.2. The van der Waals surface area contributed by atoms with Crippen molar-refractivity contribution in [3.8, 4) is 23.1 Å². The van der Waals surface area contributed by atoms with E-state index in [1.807, 2.05) is 54.5 Å². The lowest BCUT2D eigenvalue weighted by molar-refractivity contribution is 0.165. The summed E-state index contributed by atoms with van der Waals surface area (Å²) in [5.41, 5.74) is 5.49. The Labute approximate surface area is 192 Å². The molecule has 0 aliphatic carbocycles. The maximum absolute atomic E-state index is 9.07. The van der Waals surface area contributed by atoms with Gasteiger partial charge in [0.2, 0.25) is 11.8 Å². The molecule has 166 valence electrons. The van der Waals surface area contributed by atoms with Crippen LogP contribution in [0.2, 0.25) is 0 Å². The maximum atomic E-state index is 9.07. The number of aryl methyl sites for hydroxylation is 2. The van der Waals surface area contributed by atoms with Crippen molar-refractivity contribution < 1.29 is 4.74 Å². The zero-order chi connectivity index (χ0) is 22.8. The Balaban J connectivity index is 1.33. The zero-order valence-corrected chi connectivity index (χ0v) is 18.8. The third-order valence-corrected chi connectivity index (χ3v) is 6.15. The van der Waals surface area contributed by atoms with Gasteiger partial charge in [-0.2, -0.15) is 10.2 Å². The van der Waals surface area contributed by atoms with Crippen LogP contribution < -0.4 is 9.64 Å². The number of anilines is 1. The minimum absolute atomic E-state index is 0.0718. The van der Waals surface area contributed by atoms with Crippen LogP contribution in [0, 0.1) is 11.3 Å². The Bertz CT molecular complexity index is 1300. The van der Waals surface area contributed by atoms with Crippen LogP contribution in [0.15, 0.2) is 49.2 Å². The van der Waals surface area contributed by atoms with Gasteiger partial charge in [0.15, 0.2) is 0 Å². The summed E-state index contributed by atoms with van der Waals surface area (Å²) < 4.78 is 8.38. The molecule has 1 saturated heterocycles. The van der Waals surface area contributed by atoms with Crippen LogP contribution in [0.25, 0.3) is 22.2 Å². The van der Waals surface area contributed by atoms with Gasteiger partial charge in [0.1, 0.15) is 23.5 Å². The molecule has 0 spiro atoms. The molecule has 1 aliphatic heterocycles. The summed E-state index contributed by atoms with van der Waals surface area (Å²) in [5, 5.41) is 9.07. The molecular formula is C25H25N7O. The first-order chi connectivity index (χ1) is 16.2. The number of fused-ring (bicyclic) bond motifs is 1. The Kier molecular flexibility index (Phi) is 5.61. The topological polar surface area (TPSA) is 92.8 Å². The van der Waals surface area contributed by atoms with Crippen LogP contribution >= 0.6 is 0 Å². The van der Waals surface area contributed by atoms with Crippen LogP contribution in [0.5, 0.6) is 5.88 Å². The van der Waals surface area contributed by atoms with E-state index in [0.717, 1.165) is 66.0 Å². The molecule has 0 unspecified atom stereocenters. The second-order valence-electron chi connectivity index (χ2n) is 8.27. The van der Waals surface area contributed by atoms with E-state index >= 15 is 0 Å². The maximum Gasteiger partial charge on any atom is 0.242 e. The number of nitrogens with zero attached hydrogens (tertiary/aromatic N) is 7. The van der Waals surface area contributed by atoms with E-state index in [4.69, 9.17) is 10.00 Å². The summed E-state index contributed by atoms with van der Waals surface area (Å²) in [7, 11) is 1.98. The van der Waals surface area contributed by atoms with Crippen molar-refractivity contribution in [1.29, 1.82) is 5.26 Å². The Hall–Kier alpha value is -3.99. The minimum atomic E-state index is 0.0718. The van der Waals surface area contributed by atoms with Crippen molar-refractivity contribution in [3.05, 3.63) is 60.3 Å². The van der Waals surface area contributed by atoms with Crippen molar-refractivity contribution in [3.63, 3.8) is 0 Å². The van der Waals surface area contributed by atoms with Gasteiger partial charge in [-0.15, -0.1) is 0 Å². The summed E-state index contributed by atoms with van der Waals surface area (Å²) in [6, 6.07) is 9.69. The molecule has 5 rings (SSSR count). The van der Waals surface area contributed by atoms with E-state index in [-0.39, 0.29) is 6.10 Å². The summed E-state index contributed by atoms with van der Waals surface area (Å²) in [6.07, 6.45) is 10.2. The molecular weight excluding hydrogens is 414 g/mol. The minimum Gasteiger partial charge on any atom is -0.473 e.